The zero-order valence-electron chi connectivity index (χ0n) is 8.60. The largest absolute Gasteiger partial charge is 0.332 e. The number of aromatic nitrogens is 1. The minimum Gasteiger partial charge on any atom is -0.332 e. The first-order valence-corrected chi connectivity index (χ1v) is 5.16. The van der Waals surface area contributed by atoms with Crippen molar-refractivity contribution in [1.82, 2.24) is 9.88 Å². The van der Waals surface area contributed by atoms with Crippen molar-refractivity contribution >= 4 is 5.91 Å². The van der Waals surface area contributed by atoms with E-state index in [0.29, 0.717) is 0 Å². The van der Waals surface area contributed by atoms with Gasteiger partial charge in [-0.15, -0.1) is 0 Å². The Morgan fingerprint density at radius 2 is 2.27 bits per heavy atom. The number of carbonyl (C=O) groups is 1. The fraction of sp³-hybridized carbons (Fsp3) is 0.333. The lowest BCUT2D eigenvalue weighted by atomic mass is 10.1. The van der Waals surface area contributed by atoms with Gasteiger partial charge < -0.3 is 4.90 Å². The summed E-state index contributed by atoms with van der Waals surface area (Å²) in [5.41, 5.74) is 1.16. The summed E-state index contributed by atoms with van der Waals surface area (Å²) in [6.07, 6.45) is 7.02. The zero-order chi connectivity index (χ0) is 10.7. The monoisotopic (exact) mass is 202 g/mol. The molecule has 3 heteroatoms. The van der Waals surface area contributed by atoms with Gasteiger partial charge in [-0.3, -0.25) is 9.78 Å². The highest BCUT2D eigenvalue weighted by Gasteiger charge is 2.28. The first-order chi connectivity index (χ1) is 7.33. The molecule has 2 rings (SSSR count). The summed E-state index contributed by atoms with van der Waals surface area (Å²) in [4.78, 5) is 17.5. The highest BCUT2D eigenvalue weighted by molar-refractivity contribution is 5.87. The third-order valence-corrected chi connectivity index (χ3v) is 2.80. The molecule has 78 valence electrons. The van der Waals surface area contributed by atoms with Crippen LogP contribution in [0.5, 0.6) is 0 Å². The second-order valence-electron chi connectivity index (χ2n) is 3.67. The van der Waals surface area contributed by atoms with Crippen LogP contribution in [0, 0.1) is 0 Å². The van der Waals surface area contributed by atoms with Gasteiger partial charge in [0.15, 0.2) is 0 Å². The molecule has 0 radical (unpaired) electrons. The van der Waals surface area contributed by atoms with Gasteiger partial charge in [0.25, 0.3) is 0 Å². The number of hydrogen-bond donors (Lipinski definition) is 0. The first kappa shape index (κ1) is 9.90. The number of nitrogens with zero attached hydrogens (tertiary/aromatic N) is 2. The molecule has 1 amide bonds. The molecular formula is C12H14N2O. The normalized spacial score (nSPS) is 20.3. The van der Waals surface area contributed by atoms with Crippen molar-refractivity contribution in [2.45, 2.75) is 18.9 Å². The van der Waals surface area contributed by atoms with E-state index in [1.807, 2.05) is 17.0 Å². The van der Waals surface area contributed by atoms with Crippen LogP contribution in [0.25, 0.3) is 0 Å². The fourth-order valence-electron chi connectivity index (χ4n) is 2.08. The molecule has 3 nitrogen and oxygen atoms in total. The molecule has 2 heterocycles. The summed E-state index contributed by atoms with van der Waals surface area (Å²) in [5.74, 6) is 0.0225. The van der Waals surface area contributed by atoms with Crippen LogP contribution in [0.2, 0.25) is 0 Å². The fourth-order valence-corrected chi connectivity index (χ4v) is 2.08. The van der Waals surface area contributed by atoms with Crippen molar-refractivity contribution in [2.75, 3.05) is 6.54 Å². The summed E-state index contributed by atoms with van der Waals surface area (Å²) < 4.78 is 0. The number of amides is 1. The van der Waals surface area contributed by atoms with Gasteiger partial charge in [-0.1, -0.05) is 6.58 Å². The lowest BCUT2D eigenvalue weighted by molar-refractivity contribution is -0.126. The Balaban J connectivity index is 2.22. The lowest BCUT2D eigenvalue weighted by Crippen LogP contribution is -2.28. The van der Waals surface area contributed by atoms with Gasteiger partial charge in [-0.25, -0.2) is 0 Å². The van der Waals surface area contributed by atoms with E-state index in [1.165, 1.54) is 6.08 Å². The zero-order valence-corrected chi connectivity index (χ0v) is 8.60. The van der Waals surface area contributed by atoms with E-state index < -0.39 is 0 Å². The highest BCUT2D eigenvalue weighted by Crippen LogP contribution is 2.31. The molecule has 1 aromatic rings. The van der Waals surface area contributed by atoms with E-state index in [1.54, 1.807) is 12.4 Å². The number of hydrogen-bond acceptors (Lipinski definition) is 2. The minimum atomic E-state index is 0.0225. The van der Waals surface area contributed by atoms with Crippen LogP contribution in [-0.2, 0) is 4.79 Å². The van der Waals surface area contributed by atoms with Crippen LogP contribution in [-0.4, -0.2) is 22.3 Å². The minimum absolute atomic E-state index is 0.0225. The second-order valence-corrected chi connectivity index (χ2v) is 3.67. The summed E-state index contributed by atoms with van der Waals surface area (Å²) in [5, 5.41) is 0. The predicted octanol–water partition coefficient (Wildman–Crippen LogP) is 1.93. The second kappa shape index (κ2) is 4.26. The van der Waals surface area contributed by atoms with Crippen molar-refractivity contribution in [1.29, 1.82) is 0 Å². The molecule has 0 aliphatic carbocycles. The molecule has 0 spiro atoms. The Hall–Kier alpha value is -1.64. The molecule has 1 saturated heterocycles. The van der Waals surface area contributed by atoms with E-state index in [4.69, 9.17) is 0 Å². The molecule has 1 aromatic heterocycles. The summed E-state index contributed by atoms with van der Waals surface area (Å²) in [7, 11) is 0. The number of rotatable bonds is 2. The number of carbonyl (C=O) groups excluding carboxylic acids is 1. The van der Waals surface area contributed by atoms with Gasteiger partial charge in [0.1, 0.15) is 0 Å². The van der Waals surface area contributed by atoms with Crippen LogP contribution in [0.1, 0.15) is 24.4 Å². The Labute approximate surface area is 89.4 Å². The van der Waals surface area contributed by atoms with Crippen LogP contribution in [0.3, 0.4) is 0 Å². The Kier molecular flexibility index (Phi) is 2.81. The van der Waals surface area contributed by atoms with Gasteiger partial charge in [0, 0.05) is 18.9 Å². The van der Waals surface area contributed by atoms with Crippen molar-refractivity contribution in [3.05, 3.63) is 42.7 Å². The van der Waals surface area contributed by atoms with Gasteiger partial charge in [-0.2, -0.15) is 0 Å². The van der Waals surface area contributed by atoms with Gasteiger partial charge in [-0.05, 0) is 36.6 Å². The molecule has 1 fully saturated rings. The van der Waals surface area contributed by atoms with E-state index in [2.05, 4.69) is 11.6 Å². The summed E-state index contributed by atoms with van der Waals surface area (Å²) in [6.45, 7) is 4.36. The van der Waals surface area contributed by atoms with Crippen LogP contribution >= 0.6 is 0 Å². The molecule has 15 heavy (non-hydrogen) atoms. The SMILES string of the molecule is C=CC(=O)N1CCCC1c1ccncc1. The maximum absolute atomic E-state index is 11.6. The predicted molar refractivity (Wildman–Crippen MR) is 58.1 cm³/mol. The molecule has 1 atom stereocenters. The first-order valence-electron chi connectivity index (χ1n) is 5.16. The molecule has 1 aliphatic heterocycles. The molecule has 1 aliphatic rings. The molecular weight excluding hydrogens is 188 g/mol. The number of likely N-dealkylation sites (tertiary alicyclic amines) is 1. The molecule has 0 saturated carbocycles. The average molecular weight is 202 g/mol. The van der Waals surface area contributed by atoms with Crippen molar-refractivity contribution < 1.29 is 4.79 Å². The quantitative estimate of drug-likeness (QED) is 0.686. The van der Waals surface area contributed by atoms with Crippen LogP contribution in [0.15, 0.2) is 37.2 Å². The van der Waals surface area contributed by atoms with Gasteiger partial charge >= 0.3 is 0 Å². The smallest absolute Gasteiger partial charge is 0.246 e. The van der Waals surface area contributed by atoms with Crippen molar-refractivity contribution in [3.8, 4) is 0 Å². The average Bonchev–Trinajstić information content (AvgIpc) is 2.78. The van der Waals surface area contributed by atoms with Gasteiger partial charge in [0.05, 0.1) is 6.04 Å². The highest BCUT2D eigenvalue weighted by atomic mass is 16.2. The maximum atomic E-state index is 11.6. The molecule has 0 N–H and O–H groups in total. The van der Waals surface area contributed by atoms with E-state index in [-0.39, 0.29) is 11.9 Å². The van der Waals surface area contributed by atoms with E-state index in [0.717, 1.165) is 24.9 Å². The van der Waals surface area contributed by atoms with Crippen LogP contribution < -0.4 is 0 Å². The summed E-state index contributed by atoms with van der Waals surface area (Å²) >= 11 is 0. The van der Waals surface area contributed by atoms with E-state index >= 15 is 0 Å². The maximum Gasteiger partial charge on any atom is 0.246 e. The molecule has 1 unspecified atom stereocenters. The van der Waals surface area contributed by atoms with Crippen molar-refractivity contribution in [2.24, 2.45) is 0 Å². The standard InChI is InChI=1S/C12H14N2O/c1-2-12(15)14-9-3-4-11(14)10-5-7-13-8-6-10/h2,5-8,11H,1,3-4,9H2. The Morgan fingerprint density at radius 1 is 1.53 bits per heavy atom. The lowest BCUT2D eigenvalue weighted by Gasteiger charge is -2.23. The Bertz CT molecular complexity index is 361. The van der Waals surface area contributed by atoms with Crippen molar-refractivity contribution in [3.63, 3.8) is 0 Å². The molecule has 0 aromatic carbocycles. The van der Waals surface area contributed by atoms with E-state index in [9.17, 15) is 4.79 Å². The van der Waals surface area contributed by atoms with Crippen LogP contribution in [0.4, 0.5) is 0 Å². The molecule has 0 bridgehead atoms. The Morgan fingerprint density at radius 3 is 2.93 bits per heavy atom. The topological polar surface area (TPSA) is 33.2 Å². The van der Waals surface area contributed by atoms with Gasteiger partial charge in [0.2, 0.25) is 5.91 Å². The number of pyridine rings is 1. The third kappa shape index (κ3) is 1.91. The third-order valence-electron chi connectivity index (χ3n) is 2.80. The summed E-state index contributed by atoms with van der Waals surface area (Å²) in [6, 6.07) is 4.15.